The minimum Gasteiger partial charge on any atom is -0.493 e. The van der Waals surface area contributed by atoms with Gasteiger partial charge in [-0.05, 0) is 67.6 Å². The summed E-state index contributed by atoms with van der Waals surface area (Å²) >= 11 is 5.62. The van der Waals surface area contributed by atoms with E-state index in [4.69, 9.17) is 21.7 Å². The average Bonchev–Trinajstić information content (AvgIpc) is 3.27. The summed E-state index contributed by atoms with van der Waals surface area (Å²) in [4.78, 5) is 14.4. The highest BCUT2D eigenvalue weighted by Gasteiger charge is 2.53. The molecule has 2 aromatic carbocycles. The van der Waals surface area contributed by atoms with E-state index in [1.54, 1.807) is 14.2 Å². The summed E-state index contributed by atoms with van der Waals surface area (Å²) in [6.45, 7) is 3.38. The van der Waals surface area contributed by atoms with Gasteiger partial charge in [0.05, 0.1) is 14.2 Å². The first-order valence-corrected chi connectivity index (χ1v) is 13.1. The van der Waals surface area contributed by atoms with E-state index in [-0.39, 0.29) is 17.5 Å². The highest BCUT2D eigenvalue weighted by atomic mass is 32.1. The Bertz CT molecular complexity index is 1070. The Morgan fingerprint density at radius 2 is 1.92 bits per heavy atom. The highest BCUT2D eigenvalue weighted by molar-refractivity contribution is 7.80. The van der Waals surface area contributed by atoms with Gasteiger partial charge in [0.1, 0.15) is 6.04 Å². The van der Waals surface area contributed by atoms with Gasteiger partial charge in [-0.2, -0.15) is 0 Å². The Morgan fingerprint density at radius 1 is 1.17 bits per heavy atom. The van der Waals surface area contributed by atoms with E-state index in [1.165, 1.54) is 11.1 Å². The van der Waals surface area contributed by atoms with Crippen LogP contribution < -0.4 is 20.1 Å². The second-order valence-electron chi connectivity index (χ2n) is 9.78. The third kappa shape index (κ3) is 5.30. The van der Waals surface area contributed by atoms with Crippen molar-refractivity contribution in [3.63, 3.8) is 0 Å². The second kappa shape index (κ2) is 11.5. The van der Waals surface area contributed by atoms with E-state index >= 15 is 0 Å². The minimum atomic E-state index is -0.754. The number of nitrogens with zero attached hydrogens (tertiary/aromatic N) is 1. The molecule has 4 atom stereocenters. The number of nitrogens with one attached hydrogen (secondary N) is 2. The molecule has 0 aromatic heterocycles. The van der Waals surface area contributed by atoms with Crippen molar-refractivity contribution in [1.82, 2.24) is 15.5 Å². The molecule has 1 aliphatic carbocycles. The molecule has 3 N–H and O–H groups in total. The zero-order chi connectivity index (χ0) is 25.7. The first-order valence-electron chi connectivity index (χ1n) is 12.7. The molecule has 194 valence electrons. The van der Waals surface area contributed by atoms with E-state index in [0.717, 1.165) is 32.2 Å². The van der Waals surface area contributed by atoms with E-state index in [2.05, 4.69) is 39.8 Å². The molecule has 8 heteroatoms. The maximum Gasteiger partial charge on any atom is 0.320 e. The van der Waals surface area contributed by atoms with Gasteiger partial charge in [0, 0.05) is 30.6 Å². The van der Waals surface area contributed by atoms with Crippen LogP contribution in [-0.4, -0.2) is 60.0 Å². The van der Waals surface area contributed by atoms with Crippen LogP contribution in [0.15, 0.2) is 48.5 Å². The molecule has 2 aromatic rings. The predicted octanol–water partition coefficient (Wildman–Crippen LogP) is 4.10. The lowest BCUT2D eigenvalue weighted by atomic mass is 9.65. The SMILES string of the molecule is CCC(C(=O)O)N1CCC2(c3ccc(OC)c(OC)c3)CCC(NC(=S)NCc3ccccc3)CC12. The molecule has 7 nitrogen and oxygen atoms in total. The molecule has 2 aliphatic rings. The van der Waals surface area contributed by atoms with Crippen molar-refractivity contribution < 1.29 is 19.4 Å². The third-order valence-electron chi connectivity index (χ3n) is 7.96. The number of carboxylic acid groups (broad SMARTS) is 1. The molecule has 0 radical (unpaired) electrons. The van der Waals surface area contributed by atoms with Gasteiger partial charge in [-0.3, -0.25) is 9.69 Å². The summed E-state index contributed by atoms with van der Waals surface area (Å²) in [5.41, 5.74) is 2.22. The molecule has 0 bridgehead atoms. The summed E-state index contributed by atoms with van der Waals surface area (Å²) in [6.07, 6.45) is 4.21. The minimum absolute atomic E-state index is 0.0832. The van der Waals surface area contributed by atoms with Crippen LogP contribution in [0.4, 0.5) is 0 Å². The van der Waals surface area contributed by atoms with Crippen LogP contribution in [0.3, 0.4) is 0 Å². The topological polar surface area (TPSA) is 83.1 Å². The summed E-state index contributed by atoms with van der Waals surface area (Å²) in [7, 11) is 3.29. The van der Waals surface area contributed by atoms with Gasteiger partial charge < -0.3 is 25.2 Å². The number of carboxylic acids is 1. The van der Waals surface area contributed by atoms with Gasteiger partial charge in [-0.15, -0.1) is 0 Å². The number of hydrogen-bond donors (Lipinski definition) is 3. The fraction of sp³-hybridized carbons (Fsp3) is 0.500. The Balaban J connectivity index is 1.55. The average molecular weight is 512 g/mol. The summed E-state index contributed by atoms with van der Waals surface area (Å²) in [5, 5.41) is 17.5. The van der Waals surface area contributed by atoms with Crippen LogP contribution in [0.5, 0.6) is 11.5 Å². The Morgan fingerprint density at radius 3 is 2.58 bits per heavy atom. The molecule has 2 fully saturated rings. The van der Waals surface area contributed by atoms with Gasteiger partial charge in [-0.1, -0.05) is 43.3 Å². The summed E-state index contributed by atoms with van der Waals surface area (Å²) < 4.78 is 11.1. The lowest BCUT2D eigenvalue weighted by Gasteiger charge is -2.46. The van der Waals surface area contributed by atoms with Crippen molar-refractivity contribution in [3.8, 4) is 11.5 Å². The van der Waals surface area contributed by atoms with E-state index in [9.17, 15) is 9.90 Å². The Labute approximate surface area is 219 Å². The number of hydrogen-bond acceptors (Lipinski definition) is 5. The van der Waals surface area contributed by atoms with Gasteiger partial charge >= 0.3 is 5.97 Å². The quantitative estimate of drug-likeness (QED) is 0.434. The van der Waals surface area contributed by atoms with Crippen molar-refractivity contribution in [3.05, 3.63) is 59.7 Å². The largest absolute Gasteiger partial charge is 0.493 e. The van der Waals surface area contributed by atoms with Gasteiger partial charge in [-0.25, -0.2) is 0 Å². The molecule has 4 rings (SSSR count). The van der Waals surface area contributed by atoms with Crippen LogP contribution in [0, 0.1) is 0 Å². The van der Waals surface area contributed by atoms with Crippen molar-refractivity contribution in [2.24, 2.45) is 0 Å². The standard InChI is InChI=1S/C28H37N3O4S/c1-4-22(26(32)33)31-15-14-28(20-10-11-23(34-2)24(16-20)35-3)13-12-21(17-25(28)31)30-27(36)29-18-19-8-6-5-7-9-19/h5-11,16,21-22,25H,4,12-15,17-18H2,1-3H3,(H,32,33)(H2,29,30,36). The Hall–Kier alpha value is -2.84. The van der Waals surface area contributed by atoms with E-state index < -0.39 is 12.0 Å². The van der Waals surface area contributed by atoms with Crippen molar-refractivity contribution in [1.29, 1.82) is 0 Å². The number of benzene rings is 2. The monoisotopic (exact) mass is 511 g/mol. The maximum atomic E-state index is 12.2. The number of aliphatic carboxylic acids is 1. The number of ether oxygens (including phenoxy) is 2. The molecule has 1 aliphatic heterocycles. The van der Waals surface area contributed by atoms with Crippen molar-refractivity contribution in [2.45, 2.75) is 69.1 Å². The van der Waals surface area contributed by atoms with E-state index in [1.807, 2.05) is 31.2 Å². The van der Waals surface area contributed by atoms with Gasteiger partial charge in [0.25, 0.3) is 0 Å². The first kappa shape index (κ1) is 26.2. The summed E-state index contributed by atoms with van der Waals surface area (Å²) in [5.74, 6) is 0.653. The highest BCUT2D eigenvalue weighted by Crippen LogP contribution is 2.51. The molecule has 0 spiro atoms. The lowest BCUT2D eigenvalue weighted by molar-refractivity contribution is -0.144. The van der Waals surface area contributed by atoms with E-state index in [0.29, 0.717) is 29.6 Å². The van der Waals surface area contributed by atoms with Crippen molar-refractivity contribution in [2.75, 3.05) is 20.8 Å². The zero-order valence-electron chi connectivity index (χ0n) is 21.3. The van der Waals surface area contributed by atoms with Crippen LogP contribution in [0.25, 0.3) is 0 Å². The predicted molar refractivity (Wildman–Crippen MR) is 145 cm³/mol. The number of rotatable bonds is 9. The van der Waals surface area contributed by atoms with Gasteiger partial charge in [0.2, 0.25) is 0 Å². The second-order valence-corrected chi connectivity index (χ2v) is 10.2. The maximum absolute atomic E-state index is 12.2. The smallest absolute Gasteiger partial charge is 0.320 e. The Kier molecular flexibility index (Phi) is 8.36. The number of methoxy groups -OCH3 is 2. The fourth-order valence-corrected chi connectivity index (χ4v) is 6.38. The molecular weight excluding hydrogens is 474 g/mol. The molecular formula is C28H37N3O4S. The van der Waals surface area contributed by atoms with Crippen LogP contribution in [0.2, 0.25) is 0 Å². The normalized spacial score (nSPS) is 24.4. The zero-order valence-corrected chi connectivity index (χ0v) is 22.1. The van der Waals surface area contributed by atoms with Gasteiger partial charge in [0.15, 0.2) is 16.6 Å². The molecule has 0 amide bonds. The molecule has 1 saturated carbocycles. The van der Waals surface area contributed by atoms with Crippen LogP contribution in [-0.2, 0) is 16.8 Å². The third-order valence-corrected chi connectivity index (χ3v) is 8.22. The fourth-order valence-electron chi connectivity index (χ4n) is 6.14. The molecule has 1 saturated heterocycles. The lowest BCUT2D eigenvalue weighted by Crippen LogP contribution is -2.56. The van der Waals surface area contributed by atoms with Crippen molar-refractivity contribution >= 4 is 23.3 Å². The van der Waals surface area contributed by atoms with Crippen LogP contribution in [0.1, 0.15) is 50.2 Å². The number of likely N-dealkylation sites (tertiary alicyclic amines) is 1. The number of thiocarbonyl (C=S) groups is 1. The van der Waals surface area contributed by atoms with Crippen LogP contribution >= 0.6 is 12.2 Å². The first-order chi connectivity index (χ1) is 17.4. The molecule has 1 heterocycles. The molecule has 36 heavy (non-hydrogen) atoms. The summed E-state index contributed by atoms with van der Waals surface area (Å²) in [6, 6.07) is 16.1. The molecule has 4 unspecified atom stereocenters. The number of carbonyl (C=O) groups is 1. The number of fused-ring (bicyclic) bond motifs is 1.